The highest BCUT2D eigenvalue weighted by molar-refractivity contribution is 6.00. The second-order valence-electron chi connectivity index (χ2n) is 9.10. The van der Waals surface area contributed by atoms with Crippen LogP contribution in [0.4, 0.5) is 0 Å². The van der Waals surface area contributed by atoms with E-state index in [2.05, 4.69) is 20.8 Å². The lowest BCUT2D eigenvalue weighted by molar-refractivity contribution is -0.158. The molecule has 0 heterocycles. The molecular weight excluding hydrogens is 336 g/mol. The van der Waals surface area contributed by atoms with E-state index in [0.29, 0.717) is 25.7 Å². The van der Waals surface area contributed by atoms with E-state index in [0.717, 1.165) is 0 Å². The normalized spacial score (nSPS) is 16.4. The zero-order valence-corrected chi connectivity index (χ0v) is 16.8. The Labute approximate surface area is 155 Å². The lowest BCUT2D eigenvalue weighted by atomic mass is 9.72. The first kappa shape index (κ1) is 22.2. The first-order valence-electron chi connectivity index (χ1n) is 9.12. The quantitative estimate of drug-likeness (QED) is 0.544. The van der Waals surface area contributed by atoms with Crippen molar-refractivity contribution in [2.24, 2.45) is 16.7 Å². The Hall–Kier alpha value is -1.85. The van der Waals surface area contributed by atoms with Crippen LogP contribution in [0.5, 0.6) is 0 Å². The Morgan fingerprint density at radius 1 is 0.962 bits per heavy atom. The van der Waals surface area contributed by atoms with E-state index < -0.39 is 11.9 Å². The predicted octanol–water partition coefficient (Wildman–Crippen LogP) is 3.74. The maximum absolute atomic E-state index is 12.5. The standard InChI is InChI=1S/C20H32O6/c1-19(2,3)12-15(20(4,5)6)18(24)26-11-10-25-17(23)14-9-7-8-13(14)16(21)22/h15H,7-12H2,1-6H3,(H,21,22). The molecule has 0 aromatic carbocycles. The lowest BCUT2D eigenvalue weighted by Gasteiger charge is -2.33. The smallest absolute Gasteiger partial charge is 0.334 e. The van der Waals surface area contributed by atoms with Crippen LogP contribution in [0.25, 0.3) is 0 Å². The third-order valence-electron chi connectivity index (χ3n) is 4.43. The highest BCUT2D eigenvalue weighted by Gasteiger charge is 2.35. The van der Waals surface area contributed by atoms with Crippen LogP contribution in [-0.2, 0) is 23.9 Å². The highest BCUT2D eigenvalue weighted by atomic mass is 16.6. The number of carboxylic acid groups (broad SMARTS) is 1. The summed E-state index contributed by atoms with van der Waals surface area (Å²) in [6, 6.07) is 0. The molecule has 1 unspecified atom stereocenters. The van der Waals surface area contributed by atoms with E-state index >= 15 is 0 Å². The Bertz CT molecular complexity index is 574. The van der Waals surface area contributed by atoms with Crippen molar-refractivity contribution in [3.8, 4) is 0 Å². The molecular formula is C20H32O6. The average molecular weight is 368 g/mol. The molecule has 0 saturated heterocycles. The number of ether oxygens (including phenoxy) is 2. The molecule has 148 valence electrons. The number of hydrogen-bond donors (Lipinski definition) is 1. The molecule has 1 aliphatic rings. The first-order valence-corrected chi connectivity index (χ1v) is 9.12. The molecule has 0 bridgehead atoms. The minimum atomic E-state index is -1.07. The van der Waals surface area contributed by atoms with Crippen molar-refractivity contribution in [2.45, 2.75) is 67.2 Å². The van der Waals surface area contributed by atoms with Gasteiger partial charge in [0.25, 0.3) is 0 Å². The van der Waals surface area contributed by atoms with Gasteiger partial charge in [0.15, 0.2) is 0 Å². The molecule has 26 heavy (non-hydrogen) atoms. The summed E-state index contributed by atoms with van der Waals surface area (Å²) < 4.78 is 10.4. The van der Waals surface area contributed by atoms with Gasteiger partial charge >= 0.3 is 17.9 Å². The Morgan fingerprint density at radius 2 is 1.50 bits per heavy atom. The molecule has 1 aliphatic carbocycles. The number of carbonyl (C=O) groups is 3. The second kappa shape index (κ2) is 8.69. The van der Waals surface area contributed by atoms with Gasteiger partial charge in [0.05, 0.1) is 5.92 Å². The second-order valence-corrected chi connectivity index (χ2v) is 9.10. The number of carboxylic acids is 1. The minimum Gasteiger partial charge on any atom is -0.478 e. The monoisotopic (exact) mass is 368 g/mol. The molecule has 0 radical (unpaired) electrons. The van der Waals surface area contributed by atoms with Crippen LogP contribution in [0, 0.1) is 16.7 Å². The van der Waals surface area contributed by atoms with E-state index in [1.54, 1.807) is 0 Å². The summed E-state index contributed by atoms with van der Waals surface area (Å²) in [5.74, 6) is -2.25. The number of rotatable bonds is 7. The van der Waals surface area contributed by atoms with Crippen LogP contribution in [0.2, 0.25) is 0 Å². The van der Waals surface area contributed by atoms with Crippen LogP contribution < -0.4 is 0 Å². The van der Waals surface area contributed by atoms with Crippen molar-refractivity contribution in [1.29, 1.82) is 0 Å². The minimum absolute atomic E-state index is 0.00832. The molecule has 0 aromatic heterocycles. The van der Waals surface area contributed by atoms with Gasteiger partial charge in [-0.25, -0.2) is 9.59 Å². The van der Waals surface area contributed by atoms with Gasteiger partial charge in [0.2, 0.25) is 0 Å². The first-order chi connectivity index (χ1) is 11.8. The molecule has 6 heteroatoms. The molecule has 1 rings (SSSR count). The molecule has 0 amide bonds. The van der Waals surface area contributed by atoms with Crippen LogP contribution in [-0.4, -0.2) is 36.2 Å². The fourth-order valence-corrected chi connectivity index (χ4v) is 3.02. The molecule has 6 nitrogen and oxygen atoms in total. The van der Waals surface area contributed by atoms with Crippen LogP contribution >= 0.6 is 0 Å². The Morgan fingerprint density at radius 3 is 2.00 bits per heavy atom. The van der Waals surface area contributed by atoms with E-state index in [-0.39, 0.29) is 47.1 Å². The van der Waals surface area contributed by atoms with Crippen molar-refractivity contribution in [1.82, 2.24) is 0 Å². The molecule has 0 fully saturated rings. The third-order valence-corrected chi connectivity index (χ3v) is 4.43. The number of carbonyl (C=O) groups excluding carboxylic acids is 2. The summed E-state index contributed by atoms with van der Waals surface area (Å²) in [6.45, 7) is 12.1. The van der Waals surface area contributed by atoms with E-state index in [1.165, 1.54) is 0 Å². The maximum atomic E-state index is 12.5. The van der Waals surface area contributed by atoms with Gasteiger partial charge in [-0.2, -0.15) is 0 Å². The van der Waals surface area contributed by atoms with Crippen molar-refractivity contribution in [3.05, 3.63) is 11.1 Å². The van der Waals surface area contributed by atoms with Gasteiger partial charge in [0, 0.05) is 11.1 Å². The summed E-state index contributed by atoms with van der Waals surface area (Å²) in [5, 5.41) is 9.07. The van der Waals surface area contributed by atoms with Gasteiger partial charge in [-0.15, -0.1) is 0 Å². The zero-order valence-electron chi connectivity index (χ0n) is 16.8. The highest BCUT2D eigenvalue weighted by Crippen LogP contribution is 2.36. The van der Waals surface area contributed by atoms with E-state index in [4.69, 9.17) is 14.6 Å². The number of aliphatic carboxylic acids is 1. The van der Waals surface area contributed by atoms with Gasteiger partial charge in [-0.1, -0.05) is 41.5 Å². The third kappa shape index (κ3) is 6.81. The average Bonchev–Trinajstić information content (AvgIpc) is 2.96. The molecule has 1 N–H and O–H groups in total. The van der Waals surface area contributed by atoms with Gasteiger partial charge in [-0.3, -0.25) is 4.79 Å². The fourth-order valence-electron chi connectivity index (χ4n) is 3.02. The van der Waals surface area contributed by atoms with Gasteiger partial charge < -0.3 is 14.6 Å². The largest absolute Gasteiger partial charge is 0.478 e. The van der Waals surface area contributed by atoms with Crippen molar-refractivity contribution in [3.63, 3.8) is 0 Å². The molecule has 0 aliphatic heterocycles. The van der Waals surface area contributed by atoms with E-state index in [1.807, 2.05) is 20.8 Å². The zero-order chi connectivity index (χ0) is 20.1. The topological polar surface area (TPSA) is 89.9 Å². The number of hydrogen-bond acceptors (Lipinski definition) is 5. The molecule has 1 atom stereocenters. The Kier molecular flexibility index (Phi) is 7.42. The van der Waals surface area contributed by atoms with Crippen molar-refractivity contribution < 1.29 is 29.0 Å². The van der Waals surface area contributed by atoms with Crippen LogP contribution in [0.1, 0.15) is 67.2 Å². The van der Waals surface area contributed by atoms with Crippen molar-refractivity contribution in [2.75, 3.05) is 13.2 Å². The summed E-state index contributed by atoms with van der Waals surface area (Å²) in [7, 11) is 0. The number of esters is 2. The Balaban J connectivity index is 2.53. The van der Waals surface area contributed by atoms with Crippen molar-refractivity contribution >= 4 is 17.9 Å². The van der Waals surface area contributed by atoms with E-state index in [9.17, 15) is 14.4 Å². The molecule has 0 saturated carbocycles. The SMILES string of the molecule is CC(C)(C)CC(C(=O)OCCOC(=O)C1=C(C(=O)O)CCC1)C(C)(C)C. The van der Waals surface area contributed by atoms with Crippen LogP contribution in [0.3, 0.4) is 0 Å². The summed E-state index contributed by atoms with van der Waals surface area (Å²) >= 11 is 0. The summed E-state index contributed by atoms with van der Waals surface area (Å²) in [6.07, 6.45) is 2.14. The summed E-state index contributed by atoms with van der Waals surface area (Å²) in [5.41, 5.74) is 0.117. The fraction of sp³-hybridized carbons (Fsp3) is 0.750. The molecule has 0 aromatic rings. The van der Waals surface area contributed by atoms with Gasteiger partial charge in [0.1, 0.15) is 13.2 Å². The maximum Gasteiger partial charge on any atom is 0.334 e. The van der Waals surface area contributed by atoms with Crippen LogP contribution in [0.15, 0.2) is 11.1 Å². The van der Waals surface area contributed by atoms with Gasteiger partial charge in [-0.05, 0) is 36.5 Å². The summed E-state index contributed by atoms with van der Waals surface area (Å²) in [4.78, 5) is 35.5. The molecule has 0 spiro atoms. The lowest BCUT2D eigenvalue weighted by Crippen LogP contribution is -2.34. The predicted molar refractivity (Wildman–Crippen MR) is 97.4 cm³/mol.